The van der Waals surface area contributed by atoms with Crippen molar-refractivity contribution >= 4 is 22.0 Å². The number of rotatable bonds is 9. The van der Waals surface area contributed by atoms with Crippen LogP contribution in [0.3, 0.4) is 0 Å². The number of alkyl halides is 2. The minimum absolute atomic E-state index is 0.0212. The predicted molar refractivity (Wildman–Crippen MR) is 116 cm³/mol. The van der Waals surface area contributed by atoms with Gasteiger partial charge in [0.05, 0.1) is 18.8 Å². The molecule has 0 saturated carbocycles. The van der Waals surface area contributed by atoms with Gasteiger partial charge in [0.25, 0.3) is 5.92 Å². The van der Waals surface area contributed by atoms with E-state index in [2.05, 4.69) is 14.9 Å². The average molecular weight is 483 g/mol. The highest BCUT2D eigenvalue weighted by molar-refractivity contribution is 7.88. The smallest absolute Gasteiger partial charge is 0.407 e. The number of carbonyl (C=O) groups excluding carboxylic acids is 2. The van der Waals surface area contributed by atoms with Crippen molar-refractivity contribution in [3.05, 3.63) is 0 Å². The molecule has 2 fully saturated rings. The number of likely N-dealkylation sites (tertiary alicyclic amines) is 2. The Balaban J connectivity index is 2.01. The van der Waals surface area contributed by atoms with Crippen LogP contribution in [0.15, 0.2) is 0 Å². The molecular weight excluding hydrogens is 446 g/mol. The molecule has 2 saturated heterocycles. The Hall–Kier alpha value is -1.53. The van der Waals surface area contributed by atoms with Gasteiger partial charge in [-0.2, -0.15) is 0 Å². The molecule has 0 aromatic rings. The Morgan fingerprint density at radius 3 is 2.66 bits per heavy atom. The molecule has 0 aliphatic carbocycles. The fraction of sp³-hybridized carbons (Fsp3) is 0.900. The summed E-state index contributed by atoms with van der Waals surface area (Å²) in [5.74, 6) is -3.30. The Morgan fingerprint density at radius 1 is 1.34 bits per heavy atom. The third kappa shape index (κ3) is 9.53. The van der Waals surface area contributed by atoms with Crippen molar-refractivity contribution in [3.63, 3.8) is 0 Å². The van der Waals surface area contributed by atoms with Gasteiger partial charge in [-0.3, -0.25) is 9.69 Å². The third-order valence-corrected chi connectivity index (χ3v) is 6.18. The lowest BCUT2D eigenvalue weighted by Crippen LogP contribution is -2.53. The van der Waals surface area contributed by atoms with Gasteiger partial charge in [0, 0.05) is 38.5 Å². The molecule has 2 N–H and O–H groups in total. The maximum absolute atomic E-state index is 13.9. The summed E-state index contributed by atoms with van der Waals surface area (Å²) in [5, 5.41) is 2.73. The predicted octanol–water partition coefficient (Wildman–Crippen LogP) is 1.54. The highest BCUT2D eigenvalue weighted by Gasteiger charge is 2.40. The zero-order valence-electron chi connectivity index (χ0n) is 19.3. The number of piperidine rings is 1. The number of nitrogens with one attached hydrogen (secondary N) is 2. The summed E-state index contributed by atoms with van der Waals surface area (Å²) in [7, 11) is -3.30. The van der Waals surface area contributed by atoms with Crippen molar-refractivity contribution < 1.29 is 31.5 Å². The van der Waals surface area contributed by atoms with Gasteiger partial charge in [0.15, 0.2) is 0 Å². The van der Waals surface area contributed by atoms with Gasteiger partial charge in [0.1, 0.15) is 5.60 Å². The maximum atomic E-state index is 13.9. The molecule has 2 aliphatic rings. The van der Waals surface area contributed by atoms with E-state index in [0.29, 0.717) is 19.5 Å². The van der Waals surface area contributed by atoms with E-state index in [0.717, 1.165) is 30.5 Å². The van der Waals surface area contributed by atoms with Gasteiger partial charge in [-0.1, -0.05) is 0 Å². The molecule has 0 bridgehead atoms. The van der Waals surface area contributed by atoms with Crippen LogP contribution in [0.4, 0.5) is 13.6 Å². The summed E-state index contributed by atoms with van der Waals surface area (Å²) < 4.78 is 58.4. The van der Waals surface area contributed by atoms with E-state index < -0.39 is 46.6 Å². The largest absolute Gasteiger partial charge is 0.444 e. The molecule has 2 rings (SSSR count). The normalized spacial score (nSPS) is 23.2. The molecular formula is C20H36F2N4O5S. The lowest BCUT2D eigenvalue weighted by molar-refractivity contribution is -0.147. The standard InChI is InChI=1S/C20H36F2N4O5S/c1-19(2,3)31-18(28)24-15(13-26-14-20(21,22)9-7-17(26)27)8-11-25-10-5-6-16(25)12-23-32(4,29)30/h15-16,23H,5-14H2,1-4H3,(H,24,28)/t15-,16-/m0/s1. The zero-order chi connectivity index (χ0) is 24.2. The van der Waals surface area contributed by atoms with Crippen LogP contribution in [-0.4, -0.2) is 92.8 Å². The van der Waals surface area contributed by atoms with Crippen molar-refractivity contribution in [1.29, 1.82) is 0 Å². The first-order valence-corrected chi connectivity index (χ1v) is 12.9. The second-order valence-corrected chi connectivity index (χ2v) is 11.5. The molecule has 2 heterocycles. The number of sulfonamides is 1. The SMILES string of the molecule is CC(C)(C)OC(=O)N[C@@H](CCN1CCC[C@H]1CNS(C)(=O)=O)CN1CC(F)(F)CCC1=O. The van der Waals surface area contributed by atoms with Gasteiger partial charge in [0.2, 0.25) is 15.9 Å². The van der Waals surface area contributed by atoms with Crippen LogP contribution in [0.25, 0.3) is 0 Å². The molecule has 2 atom stereocenters. The van der Waals surface area contributed by atoms with Gasteiger partial charge in [-0.15, -0.1) is 0 Å². The number of alkyl carbamates (subject to hydrolysis) is 1. The van der Waals surface area contributed by atoms with Gasteiger partial charge < -0.3 is 15.0 Å². The Morgan fingerprint density at radius 2 is 2.03 bits per heavy atom. The van der Waals surface area contributed by atoms with Crippen molar-refractivity contribution in [1.82, 2.24) is 19.8 Å². The molecule has 32 heavy (non-hydrogen) atoms. The van der Waals surface area contributed by atoms with Crippen molar-refractivity contribution in [2.24, 2.45) is 0 Å². The van der Waals surface area contributed by atoms with Gasteiger partial charge >= 0.3 is 6.09 Å². The average Bonchev–Trinajstić information content (AvgIpc) is 3.06. The molecule has 0 radical (unpaired) electrons. The topological polar surface area (TPSA) is 108 Å². The molecule has 12 heteroatoms. The first-order valence-electron chi connectivity index (χ1n) is 11.0. The number of nitrogens with zero attached hydrogens (tertiary/aromatic N) is 2. The van der Waals surface area contributed by atoms with E-state index >= 15 is 0 Å². The summed E-state index contributed by atoms with van der Waals surface area (Å²) in [6, 6.07) is -0.556. The number of hydrogen-bond acceptors (Lipinski definition) is 6. The highest BCUT2D eigenvalue weighted by atomic mass is 32.2. The lowest BCUT2D eigenvalue weighted by atomic mass is 10.0. The van der Waals surface area contributed by atoms with Crippen LogP contribution in [0.2, 0.25) is 0 Å². The van der Waals surface area contributed by atoms with Crippen LogP contribution < -0.4 is 10.0 Å². The second-order valence-electron chi connectivity index (χ2n) is 9.71. The molecule has 2 aliphatic heterocycles. The van der Waals surface area contributed by atoms with Crippen LogP contribution >= 0.6 is 0 Å². The van der Waals surface area contributed by atoms with E-state index in [9.17, 15) is 26.8 Å². The maximum Gasteiger partial charge on any atom is 0.407 e. The molecule has 186 valence electrons. The minimum Gasteiger partial charge on any atom is -0.444 e. The van der Waals surface area contributed by atoms with Crippen molar-refractivity contribution in [2.45, 2.75) is 76.5 Å². The van der Waals surface area contributed by atoms with E-state index in [4.69, 9.17) is 4.74 Å². The van der Waals surface area contributed by atoms with Gasteiger partial charge in [-0.05, 0) is 46.6 Å². The minimum atomic E-state index is -3.30. The Labute approximate surface area is 189 Å². The van der Waals surface area contributed by atoms with Crippen molar-refractivity contribution in [3.8, 4) is 0 Å². The van der Waals surface area contributed by atoms with Crippen LogP contribution in [0.5, 0.6) is 0 Å². The first-order chi connectivity index (χ1) is 14.6. The Bertz CT molecular complexity index is 772. The molecule has 0 spiro atoms. The third-order valence-electron chi connectivity index (χ3n) is 5.49. The lowest BCUT2D eigenvalue weighted by Gasteiger charge is -2.35. The summed E-state index contributed by atoms with van der Waals surface area (Å²) >= 11 is 0. The monoisotopic (exact) mass is 482 g/mol. The second kappa shape index (κ2) is 10.6. The quantitative estimate of drug-likeness (QED) is 0.516. The van der Waals surface area contributed by atoms with E-state index in [1.54, 1.807) is 20.8 Å². The fourth-order valence-corrected chi connectivity index (χ4v) is 4.50. The van der Waals surface area contributed by atoms with E-state index in [1.807, 2.05) is 0 Å². The van der Waals surface area contributed by atoms with Gasteiger partial charge in [-0.25, -0.2) is 26.7 Å². The number of ether oxygens (including phenoxy) is 1. The zero-order valence-corrected chi connectivity index (χ0v) is 20.1. The highest BCUT2D eigenvalue weighted by Crippen LogP contribution is 2.27. The van der Waals surface area contributed by atoms with Crippen molar-refractivity contribution in [2.75, 3.05) is 39.0 Å². The summed E-state index contributed by atoms with van der Waals surface area (Å²) in [6.07, 6.45) is 1.91. The first kappa shape index (κ1) is 26.7. The number of amides is 2. The summed E-state index contributed by atoms with van der Waals surface area (Å²) in [4.78, 5) is 27.7. The van der Waals surface area contributed by atoms with Crippen LogP contribution in [0.1, 0.15) is 52.9 Å². The molecule has 2 amide bonds. The molecule has 0 aromatic heterocycles. The number of hydrogen-bond donors (Lipinski definition) is 2. The van der Waals surface area contributed by atoms with E-state index in [1.165, 1.54) is 0 Å². The molecule has 0 aromatic carbocycles. The fourth-order valence-electron chi connectivity index (χ4n) is 4.00. The summed E-state index contributed by atoms with van der Waals surface area (Å²) in [6.45, 7) is 6.06. The molecule has 0 unspecified atom stereocenters. The Kier molecular flexibility index (Phi) is 8.85. The molecule has 9 nitrogen and oxygen atoms in total. The summed E-state index contributed by atoms with van der Waals surface area (Å²) in [5.41, 5.74) is -0.722. The van der Waals surface area contributed by atoms with Crippen LogP contribution in [-0.2, 0) is 19.6 Å². The number of halogens is 2. The van der Waals surface area contributed by atoms with Crippen LogP contribution in [0, 0.1) is 0 Å². The van der Waals surface area contributed by atoms with E-state index in [-0.39, 0.29) is 24.9 Å². The number of carbonyl (C=O) groups is 2.